The number of carbonyl (C=O) groups excluding carboxylic acids is 2. The SMILES string of the molecule is Cc1ccc(C(=O)Nc2ccc(C(=O)Oc3ccc(Br)cc3)cc2)cc1. The molecule has 0 bridgehead atoms. The Morgan fingerprint density at radius 3 is 2.00 bits per heavy atom. The molecule has 130 valence electrons. The Hall–Kier alpha value is -2.92. The topological polar surface area (TPSA) is 55.4 Å². The Morgan fingerprint density at radius 1 is 0.808 bits per heavy atom. The van der Waals surface area contributed by atoms with Crippen LogP contribution in [0.15, 0.2) is 77.3 Å². The standard InChI is InChI=1S/C21H16BrNO3/c1-14-2-4-15(5-3-14)20(24)23-18-10-6-16(7-11-18)21(25)26-19-12-8-17(22)9-13-19/h2-13H,1H3,(H,23,24). The average Bonchev–Trinajstić information content (AvgIpc) is 2.64. The smallest absolute Gasteiger partial charge is 0.343 e. The molecule has 0 radical (unpaired) electrons. The molecule has 0 spiro atoms. The monoisotopic (exact) mass is 409 g/mol. The van der Waals surface area contributed by atoms with Gasteiger partial charge in [-0.05, 0) is 67.6 Å². The van der Waals surface area contributed by atoms with Crippen molar-refractivity contribution in [1.29, 1.82) is 0 Å². The van der Waals surface area contributed by atoms with Crippen LogP contribution in [0.1, 0.15) is 26.3 Å². The van der Waals surface area contributed by atoms with Gasteiger partial charge in [-0.25, -0.2) is 4.79 Å². The van der Waals surface area contributed by atoms with Crippen molar-refractivity contribution in [1.82, 2.24) is 0 Å². The number of anilines is 1. The van der Waals surface area contributed by atoms with Crippen LogP contribution in [-0.4, -0.2) is 11.9 Å². The fourth-order valence-corrected chi connectivity index (χ4v) is 2.53. The molecule has 4 nitrogen and oxygen atoms in total. The van der Waals surface area contributed by atoms with Gasteiger partial charge in [0.2, 0.25) is 0 Å². The number of hydrogen-bond donors (Lipinski definition) is 1. The Balaban J connectivity index is 1.64. The van der Waals surface area contributed by atoms with Gasteiger partial charge in [0.05, 0.1) is 5.56 Å². The van der Waals surface area contributed by atoms with Crippen LogP contribution in [0.3, 0.4) is 0 Å². The van der Waals surface area contributed by atoms with Crippen LogP contribution in [-0.2, 0) is 0 Å². The first kappa shape index (κ1) is 17.9. The lowest BCUT2D eigenvalue weighted by Gasteiger charge is -2.07. The Morgan fingerprint density at radius 2 is 1.38 bits per heavy atom. The van der Waals surface area contributed by atoms with E-state index in [1.807, 2.05) is 19.1 Å². The Bertz CT molecular complexity index is 917. The van der Waals surface area contributed by atoms with Gasteiger partial charge < -0.3 is 10.1 Å². The molecule has 5 heteroatoms. The molecule has 26 heavy (non-hydrogen) atoms. The molecule has 1 amide bonds. The van der Waals surface area contributed by atoms with E-state index in [1.165, 1.54) is 0 Å². The molecule has 0 heterocycles. The molecular formula is C21H16BrNO3. The molecule has 0 aliphatic carbocycles. The van der Waals surface area contributed by atoms with E-state index in [1.54, 1.807) is 60.7 Å². The number of hydrogen-bond acceptors (Lipinski definition) is 3. The minimum absolute atomic E-state index is 0.199. The highest BCUT2D eigenvalue weighted by Crippen LogP contribution is 2.18. The molecule has 0 aromatic heterocycles. The number of halogens is 1. The summed E-state index contributed by atoms with van der Waals surface area (Å²) in [5.41, 5.74) is 2.68. The van der Waals surface area contributed by atoms with Gasteiger partial charge in [-0.1, -0.05) is 33.6 Å². The first-order valence-corrected chi connectivity index (χ1v) is 8.76. The number of aryl methyl sites for hydroxylation is 1. The number of ether oxygens (including phenoxy) is 1. The molecule has 0 aliphatic heterocycles. The molecule has 0 atom stereocenters. The molecule has 3 aromatic rings. The van der Waals surface area contributed by atoms with Crippen LogP contribution in [0.4, 0.5) is 5.69 Å². The minimum atomic E-state index is -0.455. The van der Waals surface area contributed by atoms with E-state index >= 15 is 0 Å². The first-order chi connectivity index (χ1) is 12.5. The van der Waals surface area contributed by atoms with E-state index < -0.39 is 5.97 Å². The van der Waals surface area contributed by atoms with Crippen molar-refractivity contribution in [3.05, 3.63) is 94.0 Å². The third-order valence-corrected chi connectivity index (χ3v) is 4.25. The van der Waals surface area contributed by atoms with Gasteiger partial charge in [0.15, 0.2) is 0 Å². The van der Waals surface area contributed by atoms with Crippen LogP contribution < -0.4 is 10.1 Å². The van der Waals surface area contributed by atoms with Crippen LogP contribution in [0, 0.1) is 6.92 Å². The highest BCUT2D eigenvalue weighted by atomic mass is 79.9. The maximum atomic E-state index is 12.2. The van der Waals surface area contributed by atoms with Gasteiger partial charge in [-0.15, -0.1) is 0 Å². The predicted octanol–water partition coefficient (Wildman–Crippen LogP) is 5.23. The van der Waals surface area contributed by atoms with Gasteiger partial charge >= 0.3 is 5.97 Å². The summed E-state index contributed by atoms with van der Waals surface area (Å²) in [6.45, 7) is 1.97. The lowest BCUT2D eigenvalue weighted by Crippen LogP contribution is -2.12. The third kappa shape index (κ3) is 4.58. The highest BCUT2D eigenvalue weighted by Gasteiger charge is 2.10. The number of benzene rings is 3. The third-order valence-electron chi connectivity index (χ3n) is 3.72. The number of rotatable bonds is 4. The second kappa shape index (κ2) is 7.97. The largest absolute Gasteiger partial charge is 0.423 e. The molecule has 0 saturated heterocycles. The zero-order valence-corrected chi connectivity index (χ0v) is 15.6. The van der Waals surface area contributed by atoms with E-state index in [0.717, 1.165) is 10.0 Å². The molecule has 3 rings (SSSR count). The number of amides is 1. The zero-order chi connectivity index (χ0) is 18.5. The van der Waals surface area contributed by atoms with Gasteiger partial charge in [-0.3, -0.25) is 4.79 Å². The van der Waals surface area contributed by atoms with E-state index in [-0.39, 0.29) is 5.91 Å². The normalized spacial score (nSPS) is 10.2. The Kier molecular flexibility index (Phi) is 5.49. The number of carbonyl (C=O) groups is 2. The summed E-state index contributed by atoms with van der Waals surface area (Å²) in [4.78, 5) is 24.4. The van der Waals surface area contributed by atoms with Crippen LogP contribution in [0.5, 0.6) is 5.75 Å². The second-order valence-electron chi connectivity index (χ2n) is 5.74. The molecule has 1 N–H and O–H groups in total. The second-order valence-corrected chi connectivity index (χ2v) is 6.66. The van der Waals surface area contributed by atoms with Crippen LogP contribution in [0.2, 0.25) is 0 Å². The molecule has 0 saturated carbocycles. The van der Waals surface area contributed by atoms with E-state index in [4.69, 9.17) is 4.74 Å². The molecule has 3 aromatic carbocycles. The van der Waals surface area contributed by atoms with Crippen molar-refractivity contribution in [2.24, 2.45) is 0 Å². The molecular weight excluding hydrogens is 394 g/mol. The van der Waals surface area contributed by atoms with Gasteiger partial charge in [-0.2, -0.15) is 0 Å². The summed E-state index contributed by atoms with van der Waals surface area (Å²) in [6.07, 6.45) is 0. The van der Waals surface area contributed by atoms with Crippen molar-refractivity contribution in [3.8, 4) is 5.75 Å². The van der Waals surface area contributed by atoms with E-state index in [2.05, 4.69) is 21.2 Å². The molecule has 0 aliphatic rings. The van der Waals surface area contributed by atoms with Crippen LogP contribution in [0.25, 0.3) is 0 Å². The van der Waals surface area contributed by atoms with Crippen molar-refractivity contribution in [3.63, 3.8) is 0 Å². The van der Waals surface area contributed by atoms with Crippen molar-refractivity contribution in [2.75, 3.05) is 5.32 Å². The van der Waals surface area contributed by atoms with Crippen molar-refractivity contribution < 1.29 is 14.3 Å². The summed E-state index contributed by atoms with van der Waals surface area (Å²) >= 11 is 3.33. The van der Waals surface area contributed by atoms with Crippen molar-refractivity contribution >= 4 is 33.5 Å². The summed E-state index contributed by atoms with van der Waals surface area (Å²) < 4.78 is 6.22. The summed E-state index contributed by atoms with van der Waals surface area (Å²) in [7, 11) is 0. The Labute approximate surface area is 159 Å². The van der Waals surface area contributed by atoms with Crippen LogP contribution >= 0.6 is 15.9 Å². The zero-order valence-electron chi connectivity index (χ0n) is 14.0. The maximum absolute atomic E-state index is 12.2. The van der Waals surface area contributed by atoms with Gasteiger partial charge in [0.1, 0.15) is 5.75 Å². The van der Waals surface area contributed by atoms with E-state index in [0.29, 0.717) is 22.6 Å². The molecule has 0 unspecified atom stereocenters. The van der Waals surface area contributed by atoms with Gasteiger partial charge in [0, 0.05) is 15.7 Å². The fourth-order valence-electron chi connectivity index (χ4n) is 2.27. The summed E-state index contributed by atoms with van der Waals surface area (Å²) in [5.74, 6) is -0.186. The minimum Gasteiger partial charge on any atom is -0.423 e. The summed E-state index contributed by atoms with van der Waals surface area (Å²) in [6, 6.07) is 20.9. The lowest BCUT2D eigenvalue weighted by molar-refractivity contribution is 0.0734. The fraction of sp³-hybridized carbons (Fsp3) is 0.0476. The lowest BCUT2D eigenvalue weighted by atomic mass is 10.1. The van der Waals surface area contributed by atoms with E-state index in [9.17, 15) is 9.59 Å². The first-order valence-electron chi connectivity index (χ1n) is 7.97. The quantitative estimate of drug-likeness (QED) is 0.474. The highest BCUT2D eigenvalue weighted by molar-refractivity contribution is 9.10. The average molecular weight is 410 g/mol. The molecule has 0 fully saturated rings. The van der Waals surface area contributed by atoms with Gasteiger partial charge in [0.25, 0.3) is 5.91 Å². The number of esters is 1. The number of nitrogens with one attached hydrogen (secondary N) is 1. The van der Waals surface area contributed by atoms with Crippen molar-refractivity contribution in [2.45, 2.75) is 6.92 Å². The maximum Gasteiger partial charge on any atom is 0.343 e. The summed E-state index contributed by atoms with van der Waals surface area (Å²) in [5, 5.41) is 2.80. The predicted molar refractivity (Wildman–Crippen MR) is 105 cm³/mol.